The van der Waals surface area contributed by atoms with Crippen LogP contribution in [0.5, 0.6) is 0 Å². The van der Waals surface area contributed by atoms with Gasteiger partial charge in [0, 0.05) is 17.9 Å². The van der Waals surface area contributed by atoms with Crippen LogP contribution in [0.2, 0.25) is 0 Å². The number of carbonyl (C=O) groups is 2. The van der Waals surface area contributed by atoms with Crippen molar-refractivity contribution in [3.05, 3.63) is 52.6 Å². The van der Waals surface area contributed by atoms with Crippen LogP contribution < -0.4 is 11.1 Å². The van der Waals surface area contributed by atoms with Crippen LogP contribution in [0.15, 0.2) is 33.2 Å². The zero-order valence-electron chi connectivity index (χ0n) is 14.4. The van der Waals surface area contributed by atoms with E-state index in [9.17, 15) is 14.7 Å². The SMILES string of the molecule is Cc1cc(Cc2ccc3oc(C)c(C(=O)N[C@@H](CO)C(N)=O)c3c2)on1. The molecule has 2 aromatic heterocycles. The van der Waals surface area contributed by atoms with Gasteiger partial charge in [-0.1, -0.05) is 11.2 Å². The van der Waals surface area contributed by atoms with Crippen LogP contribution in [0.4, 0.5) is 0 Å². The zero-order chi connectivity index (χ0) is 18.8. The molecule has 4 N–H and O–H groups in total. The molecule has 1 aromatic carbocycles. The number of aliphatic hydroxyl groups is 1. The summed E-state index contributed by atoms with van der Waals surface area (Å²) < 4.78 is 10.9. The molecule has 0 spiro atoms. The summed E-state index contributed by atoms with van der Waals surface area (Å²) in [5, 5.41) is 16.1. The normalized spacial score (nSPS) is 12.3. The number of hydrogen-bond donors (Lipinski definition) is 3. The fourth-order valence-corrected chi connectivity index (χ4v) is 2.80. The highest BCUT2D eigenvalue weighted by Gasteiger charge is 2.23. The molecule has 136 valence electrons. The van der Waals surface area contributed by atoms with Gasteiger partial charge in [0.25, 0.3) is 5.91 Å². The molecule has 0 aliphatic carbocycles. The third-order valence-corrected chi connectivity index (χ3v) is 4.04. The first-order chi connectivity index (χ1) is 12.4. The Labute approximate surface area is 148 Å². The Morgan fingerprint density at radius 3 is 2.69 bits per heavy atom. The lowest BCUT2D eigenvalue weighted by molar-refractivity contribution is -0.120. The molecule has 0 saturated carbocycles. The summed E-state index contributed by atoms with van der Waals surface area (Å²) in [6, 6.07) is 6.17. The number of rotatable bonds is 6. The Balaban J connectivity index is 1.94. The predicted octanol–water partition coefficient (Wildman–Crippen LogP) is 1.20. The van der Waals surface area contributed by atoms with E-state index in [-0.39, 0.29) is 0 Å². The maximum atomic E-state index is 12.6. The van der Waals surface area contributed by atoms with Crippen LogP contribution >= 0.6 is 0 Å². The van der Waals surface area contributed by atoms with Crippen molar-refractivity contribution in [2.24, 2.45) is 5.73 Å². The molecule has 3 aromatic rings. The number of nitrogens with one attached hydrogen (secondary N) is 1. The Hall–Kier alpha value is -3.13. The van der Waals surface area contributed by atoms with Crippen LogP contribution in [-0.4, -0.2) is 34.7 Å². The number of benzene rings is 1. The fourth-order valence-electron chi connectivity index (χ4n) is 2.80. The second-order valence-electron chi connectivity index (χ2n) is 6.09. The quantitative estimate of drug-likeness (QED) is 0.607. The number of furan rings is 1. The summed E-state index contributed by atoms with van der Waals surface area (Å²) >= 11 is 0. The lowest BCUT2D eigenvalue weighted by Crippen LogP contribution is -2.46. The van der Waals surface area contributed by atoms with Crippen molar-refractivity contribution >= 4 is 22.8 Å². The van der Waals surface area contributed by atoms with Crippen molar-refractivity contribution in [2.45, 2.75) is 26.3 Å². The molecule has 0 aliphatic heterocycles. The van der Waals surface area contributed by atoms with Crippen LogP contribution in [0, 0.1) is 13.8 Å². The Morgan fingerprint density at radius 1 is 1.31 bits per heavy atom. The van der Waals surface area contributed by atoms with Gasteiger partial charge in [0.15, 0.2) is 0 Å². The van der Waals surface area contributed by atoms with Gasteiger partial charge in [0.1, 0.15) is 23.1 Å². The first-order valence-electron chi connectivity index (χ1n) is 8.04. The van der Waals surface area contributed by atoms with Gasteiger partial charge in [0.05, 0.1) is 17.9 Å². The topological polar surface area (TPSA) is 132 Å². The lowest BCUT2D eigenvalue weighted by Gasteiger charge is -2.12. The number of fused-ring (bicyclic) bond motifs is 1. The zero-order valence-corrected chi connectivity index (χ0v) is 14.4. The van der Waals surface area contributed by atoms with E-state index in [0.29, 0.717) is 34.5 Å². The fraction of sp³-hybridized carbons (Fsp3) is 0.278. The highest BCUT2D eigenvalue weighted by atomic mass is 16.5. The third-order valence-electron chi connectivity index (χ3n) is 4.04. The smallest absolute Gasteiger partial charge is 0.256 e. The summed E-state index contributed by atoms with van der Waals surface area (Å²) in [6.07, 6.45) is 0.516. The summed E-state index contributed by atoms with van der Waals surface area (Å²) in [6.45, 7) is 2.92. The van der Waals surface area contributed by atoms with E-state index in [1.165, 1.54) is 0 Å². The first-order valence-corrected chi connectivity index (χ1v) is 8.04. The second-order valence-corrected chi connectivity index (χ2v) is 6.09. The standard InChI is InChI=1S/C18H19N3O5/c1-9-5-12(26-21-9)6-11-3-4-15-13(7-11)16(10(2)25-15)18(24)20-14(8-22)17(19)23/h3-5,7,14,22H,6,8H2,1-2H3,(H2,19,23)(H,20,24)/t14-/m0/s1. The largest absolute Gasteiger partial charge is 0.461 e. The number of primary amides is 1. The summed E-state index contributed by atoms with van der Waals surface area (Å²) in [5.74, 6) is -0.229. The minimum Gasteiger partial charge on any atom is -0.461 e. The molecule has 0 unspecified atom stereocenters. The van der Waals surface area contributed by atoms with E-state index in [1.807, 2.05) is 25.1 Å². The van der Waals surface area contributed by atoms with E-state index in [2.05, 4.69) is 10.5 Å². The third kappa shape index (κ3) is 3.45. The summed E-state index contributed by atoms with van der Waals surface area (Å²) in [4.78, 5) is 23.8. The molecule has 1 atom stereocenters. The van der Waals surface area contributed by atoms with E-state index in [1.54, 1.807) is 13.0 Å². The molecular formula is C18H19N3O5. The van der Waals surface area contributed by atoms with Crippen LogP contribution in [0.3, 0.4) is 0 Å². The van der Waals surface area contributed by atoms with Gasteiger partial charge in [-0.05, 0) is 31.5 Å². The molecule has 0 bridgehead atoms. The number of hydrogen-bond acceptors (Lipinski definition) is 6. The number of amides is 2. The van der Waals surface area contributed by atoms with Crippen molar-refractivity contribution in [1.82, 2.24) is 10.5 Å². The average Bonchev–Trinajstić information content (AvgIpc) is 3.14. The number of aliphatic hydroxyl groups excluding tert-OH is 1. The van der Waals surface area contributed by atoms with Gasteiger partial charge >= 0.3 is 0 Å². The summed E-state index contributed by atoms with van der Waals surface area (Å²) in [5.41, 5.74) is 7.71. The molecule has 0 aliphatic rings. The van der Waals surface area contributed by atoms with Gasteiger partial charge in [0.2, 0.25) is 5.91 Å². The maximum Gasteiger partial charge on any atom is 0.256 e. The molecule has 3 rings (SSSR count). The van der Waals surface area contributed by atoms with Crippen LogP contribution in [-0.2, 0) is 11.2 Å². The molecule has 8 nitrogen and oxygen atoms in total. The van der Waals surface area contributed by atoms with Gasteiger partial charge in [-0.3, -0.25) is 9.59 Å². The van der Waals surface area contributed by atoms with Gasteiger partial charge < -0.3 is 25.1 Å². The molecule has 0 saturated heterocycles. The molecule has 8 heteroatoms. The Morgan fingerprint density at radius 2 is 2.08 bits per heavy atom. The van der Waals surface area contributed by atoms with Crippen LogP contribution in [0.1, 0.15) is 33.1 Å². The van der Waals surface area contributed by atoms with Crippen molar-refractivity contribution in [1.29, 1.82) is 0 Å². The minimum atomic E-state index is -1.16. The van der Waals surface area contributed by atoms with Gasteiger partial charge in [-0.2, -0.15) is 0 Å². The van der Waals surface area contributed by atoms with Gasteiger partial charge in [-0.15, -0.1) is 0 Å². The first kappa shape index (κ1) is 17.7. The monoisotopic (exact) mass is 357 g/mol. The maximum absolute atomic E-state index is 12.6. The molecule has 0 fully saturated rings. The molecule has 0 radical (unpaired) electrons. The number of aromatic nitrogens is 1. The number of nitrogens with zero attached hydrogens (tertiary/aromatic N) is 1. The highest BCUT2D eigenvalue weighted by Crippen LogP contribution is 2.27. The number of carbonyl (C=O) groups excluding carboxylic acids is 2. The number of nitrogens with two attached hydrogens (primary N) is 1. The second kappa shape index (κ2) is 7.01. The van der Waals surface area contributed by atoms with E-state index in [4.69, 9.17) is 14.7 Å². The van der Waals surface area contributed by atoms with Crippen molar-refractivity contribution < 1.29 is 23.6 Å². The molecule has 26 heavy (non-hydrogen) atoms. The Kier molecular flexibility index (Phi) is 4.77. The molecular weight excluding hydrogens is 338 g/mol. The van der Waals surface area contributed by atoms with E-state index in [0.717, 1.165) is 11.3 Å². The Bertz CT molecular complexity index is 973. The predicted molar refractivity (Wildman–Crippen MR) is 92.5 cm³/mol. The van der Waals surface area contributed by atoms with Crippen molar-refractivity contribution in [2.75, 3.05) is 6.61 Å². The highest BCUT2D eigenvalue weighted by molar-refractivity contribution is 6.08. The van der Waals surface area contributed by atoms with E-state index >= 15 is 0 Å². The van der Waals surface area contributed by atoms with Gasteiger partial charge in [-0.25, -0.2) is 0 Å². The number of aryl methyl sites for hydroxylation is 2. The minimum absolute atomic E-state index is 0.301. The van der Waals surface area contributed by atoms with Crippen LogP contribution in [0.25, 0.3) is 11.0 Å². The van der Waals surface area contributed by atoms with E-state index < -0.39 is 24.5 Å². The molecule has 2 heterocycles. The van der Waals surface area contributed by atoms with Crippen molar-refractivity contribution in [3.8, 4) is 0 Å². The van der Waals surface area contributed by atoms with Crippen molar-refractivity contribution in [3.63, 3.8) is 0 Å². The average molecular weight is 357 g/mol. The summed E-state index contributed by atoms with van der Waals surface area (Å²) in [7, 11) is 0. The lowest BCUT2D eigenvalue weighted by atomic mass is 10.0. The molecule has 2 amide bonds.